The van der Waals surface area contributed by atoms with Crippen molar-refractivity contribution >= 4 is 17.5 Å². The van der Waals surface area contributed by atoms with E-state index in [9.17, 15) is 4.79 Å². The lowest BCUT2D eigenvalue weighted by Crippen LogP contribution is -2.41. The topological polar surface area (TPSA) is 41.1 Å². The summed E-state index contributed by atoms with van der Waals surface area (Å²) in [7, 11) is 0. The number of amides is 1. The Bertz CT molecular complexity index is 385. The first-order valence-electron chi connectivity index (χ1n) is 5.96. The van der Waals surface area contributed by atoms with Crippen molar-refractivity contribution in [3.63, 3.8) is 0 Å². The number of hydrogen-bond donors (Lipinski definition) is 2. The maximum atomic E-state index is 11.9. The minimum absolute atomic E-state index is 0.0159. The summed E-state index contributed by atoms with van der Waals surface area (Å²) < 4.78 is 0. The standard InChI is InChI=1S/C13H17ClN2O/c1-9(10-4-6-11(14)7-5-10)16-13(17)12-3-2-8-15-12/h4-7,9,12,15H,2-3,8H2,1H3,(H,16,17)/t9-,12?/m1/s1. The van der Waals surface area contributed by atoms with Crippen molar-refractivity contribution in [3.8, 4) is 0 Å². The van der Waals surface area contributed by atoms with Crippen LogP contribution in [0.1, 0.15) is 31.4 Å². The molecule has 1 aliphatic heterocycles. The second kappa shape index (κ2) is 5.52. The van der Waals surface area contributed by atoms with Gasteiger partial charge in [-0.25, -0.2) is 0 Å². The number of carbonyl (C=O) groups excluding carboxylic acids is 1. The van der Waals surface area contributed by atoms with E-state index in [0.29, 0.717) is 5.02 Å². The molecule has 17 heavy (non-hydrogen) atoms. The van der Waals surface area contributed by atoms with Crippen LogP contribution >= 0.6 is 11.6 Å². The molecule has 2 rings (SSSR count). The van der Waals surface area contributed by atoms with Gasteiger partial charge in [-0.2, -0.15) is 0 Å². The van der Waals surface area contributed by atoms with E-state index in [-0.39, 0.29) is 18.0 Å². The molecule has 1 amide bonds. The van der Waals surface area contributed by atoms with Gasteiger partial charge in [0.25, 0.3) is 0 Å². The van der Waals surface area contributed by atoms with Gasteiger partial charge >= 0.3 is 0 Å². The van der Waals surface area contributed by atoms with Gasteiger partial charge in [-0.3, -0.25) is 4.79 Å². The second-order valence-corrected chi connectivity index (χ2v) is 4.87. The summed E-state index contributed by atoms with van der Waals surface area (Å²) in [5.74, 6) is 0.0879. The first-order valence-corrected chi connectivity index (χ1v) is 6.34. The maximum Gasteiger partial charge on any atom is 0.237 e. The molecule has 1 unspecified atom stereocenters. The Kier molecular flexibility index (Phi) is 4.02. The van der Waals surface area contributed by atoms with Crippen molar-refractivity contribution < 1.29 is 4.79 Å². The molecule has 3 nitrogen and oxygen atoms in total. The molecule has 1 heterocycles. The van der Waals surface area contributed by atoms with E-state index in [4.69, 9.17) is 11.6 Å². The Balaban J connectivity index is 1.93. The molecule has 1 aromatic carbocycles. The van der Waals surface area contributed by atoms with Crippen LogP contribution in [0.5, 0.6) is 0 Å². The largest absolute Gasteiger partial charge is 0.348 e. The molecule has 1 aliphatic rings. The van der Waals surface area contributed by atoms with Crippen LogP contribution in [0.3, 0.4) is 0 Å². The van der Waals surface area contributed by atoms with Crippen LogP contribution in [0, 0.1) is 0 Å². The van der Waals surface area contributed by atoms with E-state index in [1.165, 1.54) is 0 Å². The molecule has 2 atom stereocenters. The minimum Gasteiger partial charge on any atom is -0.348 e. The zero-order valence-corrected chi connectivity index (χ0v) is 10.6. The van der Waals surface area contributed by atoms with Gasteiger partial charge in [0.1, 0.15) is 0 Å². The lowest BCUT2D eigenvalue weighted by Gasteiger charge is -2.17. The van der Waals surface area contributed by atoms with Crippen molar-refractivity contribution in [1.29, 1.82) is 0 Å². The normalized spacial score (nSPS) is 21.2. The Morgan fingerprint density at radius 3 is 2.76 bits per heavy atom. The maximum absolute atomic E-state index is 11.9. The molecule has 0 bridgehead atoms. The van der Waals surface area contributed by atoms with Crippen LogP contribution in [-0.2, 0) is 4.79 Å². The third kappa shape index (κ3) is 3.20. The fourth-order valence-corrected chi connectivity index (χ4v) is 2.18. The predicted molar refractivity (Wildman–Crippen MR) is 69.0 cm³/mol. The van der Waals surface area contributed by atoms with Gasteiger partial charge in [-0.05, 0) is 44.0 Å². The van der Waals surface area contributed by atoms with Gasteiger partial charge in [0.2, 0.25) is 5.91 Å². The molecule has 2 N–H and O–H groups in total. The smallest absolute Gasteiger partial charge is 0.237 e. The lowest BCUT2D eigenvalue weighted by atomic mass is 10.1. The van der Waals surface area contributed by atoms with Crippen molar-refractivity contribution in [3.05, 3.63) is 34.9 Å². The van der Waals surface area contributed by atoms with Crippen molar-refractivity contribution in [1.82, 2.24) is 10.6 Å². The van der Waals surface area contributed by atoms with Crippen LogP contribution < -0.4 is 10.6 Å². The van der Waals surface area contributed by atoms with Gasteiger partial charge in [0.15, 0.2) is 0 Å². The molecule has 1 fully saturated rings. The van der Waals surface area contributed by atoms with Crippen molar-refractivity contribution in [2.75, 3.05) is 6.54 Å². The van der Waals surface area contributed by atoms with E-state index in [0.717, 1.165) is 24.9 Å². The van der Waals surface area contributed by atoms with Gasteiger partial charge in [-0.15, -0.1) is 0 Å². The van der Waals surface area contributed by atoms with E-state index >= 15 is 0 Å². The number of carbonyl (C=O) groups is 1. The number of rotatable bonds is 3. The van der Waals surface area contributed by atoms with E-state index in [1.54, 1.807) is 0 Å². The minimum atomic E-state index is -0.0234. The molecule has 0 aliphatic carbocycles. The Hall–Kier alpha value is -1.06. The Morgan fingerprint density at radius 2 is 2.18 bits per heavy atom. The number of halogens is 1. The quantitative estimate of drug-likeness (QED) is 0.867. The molecule has 1 saturated heterocycles. The third-order valence-corrected chi connectivity index (χ3v) is 3.36. The van der Waals surface area contributed by atoms with Crippen LogP contribution in [0.25, 0.3) is 0 Å². The van der Waals surface area contributed by atoms with Crippen LogP contribution in [0.15, 0.2) is 24.3 Å². The van der Waals surface area contributed by atoms with Crippen molar-refractivity contribution in [2.24, 2.45) is 0 Å². The summed E-state index contributed by atoms with van der Waals surface area (Å²) in [5.41, 5.74) is 1.07. The fourth-order valence-electron chi connectivity index (χ4n) is 2.06. The highest BCUT2D eigenvalue weighted by Crippen LogP contribution is 2.16. The molecule has 0 saturated carbocycles. The van der Waals surface area contributed by atoms with E-state index < -0.39 is 0 Å². The highest BCUT2D eigenvalue weighted by atomic mass is 35.5. The van der Waals surface area contributed by atoms with Crippen LogP contribution in [0.4, 0.5) is 0 Å². The Morgan fingerprint density at radius 1 is 1.47 bits per heavy atom. The Labute approximate surface area is 107 Å². The summed E-state index contributed by atoms with van der Waals surface area (Å²) in [4.78, 5) is 11.9. The zero-order valence-electron chi connectivity index (χ0n) is 9.87. The van der Waals surface area contributed by atoms with Gasteiger partial charge in [0.05, 0.1) is 12.1 Å². The average Bonchev–Trinajstić information content (AvgIpc) is 2.83. The number of benzene rings is 1. The summed E-state index contributed by atoms with van der Waals surface area (Å²) in [6.45, 7) is 2.92. The molecular formula is C13H17ClN2O. The summed E-state index contributed by atoms with van der Waals surface area (Å²) in [6.07, 6.45) is 2.01. The number of nitrogens with one attached hydrogen (secondary N) is 2. The van der Waals surface area contributed by atoms with Gasteiger partial charge < -0.3 is 10.6 Å². The second-order valence-electron chi connectivity index (χ2n) is 4.43. The van der Waals surface area contributed by atoms with Gasteiger partial charge in [-0.1, -0.05) is 23.7 Å². The summed E-state index contributed by atoms with van der Waals surface area (Å²) in [6, 6.07) is 7.55. The average molecular weight is 253 g/mol. The van der Waals surface area contributed by atoms with Crippen molar-refractivity contribution in [2.45, 2.75) is 31.8 Å². The fraction of sp³-hybridized carbons (Fsp3) is 0.462. The number of hydrogen-bond acceptors (Lipinski definition) is 2. The monoisotopic (exact) mass is 252 g/mol. The lowest BCUT2D eigenvalue weighted by molar-refractivity contribution is -0.123. The van der Waals surface area contributed by atoms with Crippen LogP contribution in [-0.4, -0.2) is 18.5 Å². The SMILES string of the molecule is C[C@@H](NC(=O)C1CCCN1)c1ccc(Cl)cc1. The molecule has 92 valence electrons. The van der Waals surface area contributed by atoms with Crippen LogP contribution in [0.2, 0.25) is 5.02 Å². The third-order valence-electron chi connectivity index (χ3n) is 3.11. The molecule has 1 aromatic rings. The highest BCUT2D eigenvalue weighted by Gasteiger charge is 2.23. The predicted octanol–water partition coefficient (Wildman–Crippen LogP) is 2.27. The van der Waals surface area contributed by atoms with E-state index in [2.05, 4.69) is 10.6 Å². The van der Waals surface area contributed by atoms with E-state index in [1.807, 2.05) is 31.2 Å². The molecule has 0 aromatic heterocycles. The van der Waals surface area contributed by atoms with Gasteiger partial charge in [0, 0.05) is 5.02 Å². The first-order chi connectivity index (χ1) is 8.16. The molecule has 0 radical (unpaired) electrons. The molecular weight excluding hydrogens is 236 g/mol. The summed E-state index contributed by atoms with van der Waals surface area (Å²) >= 11 is 5.83. The highest BCUT2D eigenvalue weighted by molar-refractivity contribution is 6.30. The first kappa shape index (κ1) is 12.4. The zero-order chi connectivity index (χ0) is 12.3. The summed E-state index contributed by atoms with van der Waals surface area (Å²) in [5, 5.41) is 6.91. The molecule has 4 heteroatoms. The molecule has 0 spiro atoms.